The second-order valence-electron chi connectivity index (χ2n) is 5.38. The number of hydrogen-bond acceptors (Lipinski definition) is 3. The van der Waals surface area contributed by atoms with Gasteiger partial charge in [-0.2, -0.15) is 0 Å². The van der Waals surface area contributed by atoms with Crippen molar-refractivity contribution in [3.8, 4) is 0 Å². The molecule has 4 heteroatoms. The van der Waals surface area contributed by atoms with E-state index >= 15 is 0 Å². The Morgan fingerprint density at radius 3 is 2.64 bits per heavy atom. The van der Waals surface area contributed by atoms with Crippen LogP contribution in [0.25, 0.3) is 6.08 Å². The Morgan fingerprint density at radius 2 is 2.05 bits per heavy atom. The highest BCUT2D eigenvalue weighted by Gasteiger charge is 2.36. The zero-order chi connectivity index (χ0) is 16.3. The highest BCUT2D eigenvalue weighted by molar-refractivity contribution is 6.16. The van der Waals surface area contributed by atoms with E-state index in [1.165, 1.54) is 7.11 Å². The molecule has 0 atom stereocenters. The van der Waals surface area contributed by atoms with Gasteiger partial charge in [0.1, 0.15) is 0 Å². The highest BCUT2D eigenvalue weighted by atomic mass is 16.5. The van der Waals surface area contributed by atoms with Crippen LogP contribution in [0.1, 0.15) is 31.4 Å². The van der Waals surface area contributed by atoms with Crippen molar-refractivity contribution in [1.82, 2.24) is 4.90 Å². The number of methoxy groups -OCH3 is 1. The molecule has 4 nitrogen and oxygen atoms in total. The van der Waals surface area contributed by atoms with E-state index in [0.29, 0.717) is 23.4 Å². The second-order valence-corrected chi connectivity index (χ2v) is 5.38. The highest BCUT2D eigenvalue weighted by Crippen LogP contribution is 2.31. The predicted octanol–water partition coefficient (Wildman–Crippen LogP) is 3.08. The molecule has 1 amide bonds. The van der Waals surface area contributed by atoms with Crippen molar-refractivity contribution in [1.29, 1.82) is 0 Å². The number of esters is 1. The minimum Gasteiger partial charge on any atom is -0.465 e. The minimum atomic E-state index is -0.469. The lowest BCUT2D eigenvalue weighted by atomic mass is 10.0. The number of amides is 1. The molecule has 0 spiro atoms. The topological polar surface area (TPSA) is 46.6 Å². The third-order valence-electron chi connectivity index (χ3n) is 3.70. The number of benzene rings is 1. The van der Waals surface area contributed by atoms with Crippen LogP contribution in [0.2, 0.25) is 0 Å². The molecule has 0 saturated carbocycles. The molecular weight excluding hydrogens is 278 g/mol. The standard InChI is InChI=1S/C18H21NO3/c1-5-9-19-13(3)16(18(21)22-4)15(17(19)20)11-14-8-6-7-12(2)10-14/h6-8,10-11H,5,9H2,1-4H3. The third kappa shape index (κ3) is 2.96. The van der Waals surface area contributed by atoms with Crippen molar-refractivity contribution < 1.29 is 14.3 Å². The van der Waals surface area contributed by atoms with Crippen LogP contribution in [0.15, 0.2) is 41.1 Å². The summed E-state index contributed by atoms with van der Waals surface area (Å²) in [5, 5.41) is 0. The summed E-state index contributed by atoms with van der Waals surface area (Å²) in [4.78, 5) is 26.4. The zero-order valence-electron chi connectivity index (χ0n) is 13.5. The number of hydrogen-bond donors (Lipinski definition) is 0. The maximum absolute atomic E-state index is 12.6. The van der Waals surface area contributed by atoms with Crippen LogP contribution in [0, 0.1) is 6.92 Å². The molecule has 1 heterocycles. The fourth-order valence-electron chi connectivity index (χ4n) is 2.65. The monoisotopic (exact) mass is 299 g/mol. The summed E-state index contributed by atoms with van der Waals surface area (Å²) in [5.74, 6) is -0.607. The summed E-state index contributed by atoms with van der Waals surface area (Å²) in [6.45, 7) is 6.37. The summed E-state index contributed by atoms with van der Waals surface area (Å²) in [6, 6.07) is 7.82. The Kier molecular flexibility index (Phi) is 4.81. The molecule has 0 bridgehead atoms. The van der Waals surface area contributed by atoms with E-state index in [-0.39, 0.29) is 5.91 Å². The number of allylic oxidation sites excluding steroid dienone is 1. The molecule has 1 aromatic carbocycles. The largest absolute Gasteiger partial charge is 0.465 e. The molecule has 2 rings (SSSR count). The summed E-state index contributed by atoms with van der Waals surface area (Å²) in [6.07, 6.45) is 2.59. The molecule has 0 aliphatic carbocycles. The van der Waals surface area contributed by atoms with Crippen LogP contribution in [0.4, 0.5) is 0 Å². The van der Waals surface area contributed by atoms with Crippen LogP contribution in [0.3, 0.4) is 0 Å². The van der Waals surface area contributed by atoms with Gasteiger partial charge >= 0.3 is 5.97 Å². The van der Waals surface area contributed by atoms with E-state index in [1.54, 1.807) is 17.9 Å². The lowest BCUT2D eigenvalue weighted by Gasteiger charge is -2.16. The quantitative estimate of drug-likeness (QED) is 0.634. The lowest BCUT2D eigenvalue weighted by molar-refractivity contribution is -0.136. The van der Waals surface area contributed by atoms with Crippen molar-refractivity contribution in [2.45, 2.75) is 27.2 Å². The maximum Gasteiger partial charge on any atom is 0.340 e. The fourth-order valence-corrected chi connectivity index (χ4v) is 2.65. The van der Waals surface area contributed by atoms with Crippen LogP contribution < -0.4 is 0 Å². The van der Waals surface area contributed by atoms with E-state index in [2.05, 4.69) is 0 Å². The summed E-state index contributed by atoms with van der Waals surface area (Å²) in [5.41, 5.74) is 3.44. The number of carbonyl (C=O) groups is 2. The van der Waals surface area contributed by atoms with Crippen molar-refractivity contribution in [2.75, 3.05) is 13.7 Å². The van der Waals surface area contributed by atoms with Gasteiger partial charge in [0.25, 0.3) is 5.91 Å². The number of aryl methyl sites for hydroxylation is 1. The van der Waals surface area contributed by atoms with Gasteiger partial charge in [0.05, 0.1) is 18.3 Å². The number of carbonyl (C=O) groups excluding carboxylic acids is 2. The molecule has 22 heavy (non-hydrogen) atoms. The molecule has 0 saturated heterocycles. The number of ether oxygens (including phenoxy) is 1. The molecule has 0 fully saturated rings. The number of nitrogens with zero attached hydrogens (tertiary/aromatic N) is 1. The Balaban J connectivity index is 2.52. The Hall–Kier alpha value is -2.36. The number of rotatable bonds is 4. The van der Waals surface area contributed by atoms with Crippen molar-refractivity contribution >= 4 is 18.0 Å². The van der Waals surface area contributed by atoms with E-state index in [9.17, 15) is 9.59 Å². The maximum atomic E-state index is 12.6. The molecule has 0 aromatic heterocycles. The third-order valence-corrected chi connectivity index (χ3v) is 3.70. The molecule has 1 aromatic rings. The molecule has 0 radical (unpaired) electrons. The average molecular weight is 299 g/mol. The van der Waals surface area contributed by atoms with E-state index < -0.39 is 5.97 Å². The first-order valence-corrected chi connectivity index (χ1v) is 7.39. The summed E-state index contributed by atoms with van der Waals surface area (Å²) < 4.78 is 4.85. The van der Waals surface area contributed by atoms with Crippen LogP contribution in [0.5, 0.6) is 0 Å². The van der Waals surface area contributed by atoms with Gasteiger partial charge in [-0.25, -0.2) is 4.79 Å². The van der Waals surface area contributed by atoms with Crippen molar-refractivity contribution in [2.24, 2.45) is 0 Å². The fraction of sp³-hybridized carbons (Fsp3) is 0.333. The van der Waals surface area contributed by atoms with E-state index in [4.69, 9.17) is 4.74 Å². The van der Waals surface area contributed by atoms with Gasteiger partial charge in [-0.05, 0) is 31.9 Å². The van der Waals surface area contributed by atoms with Gasteiger partial charge in [0, 0.05) is 12.2 Å². The molecule has 0 unspecified atom stereocenters. The van der Waals surface area contributed by atoms with Gasteiger partial charge in [0.15, 0.2) is 0 Å². The van der Waals surface area contributed by atoms with Crippen LogP contribution in [-0.2, 0) is 14.3 Å². The molecule has 1 aliphatic heterocycles. The average Bonchev–Trinajstić information content (AvgIpc) is 2.72. The SMILES string of the molecule is CCCN1C(=O)C(=Cc2cccc(C)c2)C(C(=O)OC)=C1C. The minimum absolute atomic E-state index is 0.138. The Labute approximate surface area is 131 Å². The van der Waals surface area contributed by atoms with Crippen LogP contribution >= 0.6 is 0 Å². The predicted molar refractivity (Wildman–Crippen MR) is 85.9 cm³/mol. The van der Waals surface area contributed by atoms with Gasteiger partial charge in [-0.15, -0.1) is 0 Å². The van der Waals surface area contributed by atoms with Crippen molar-refractivity contribution in [3.63, 3.8) is 0 Å². The Bertz CT molecular complexity index is 671. The molecule has 116 valence electrons. The zero-order valence-corrected chi connectivity index (χ0v) is 13.5. The van der Waals surface area contributed by atoms with Crippen molar-refractivity contribution in [3.05, 3.63) is 52.2 Å². The van der Waals surface area contributed by atoms with E-state index in [1.807, 2.05) is 38.1 Å². The summed E-state index contributed by atoms with van der Waals surface area (Å²) >= 11 is 0. The lowest BCUT2D eigenvalue weighted by Crippen LogP contribution is -2.25. The van der Waals surface area contributed by atoms with E-state index in [0.717, 1.165) is 17.5 Å². The van der Waals surface area contributed by atoms with Gasteiger partial charge < -0.3 is 9.64 Å². The molecular formula is C18H21NO3. The molecule has 1 aliphatic rings. The van der Waals surface area contributed by atoms with Gasteiger partial charge in [-0.3, -0.25) is 4.79 Å². The first kappa shape index (κ1) is 16.0. The normalized spacial score (nSPS) is 16.6. The first-order valence-electron chi connectivity index (χ1n) is 7.39. The summed E-state index contributed by atoms with van der Waals surface area (Å²) in [7, 11) is 1.33. The smallest absolute Gasteiger partial charge is 0.340 e. The Morgan fingerprint density at radius 1 is 1.32 bits per heavy atom. The van der Waals surface area contributed by atoms with Gasteiger partial charge in [-0.1, -0.05) is 36.8 Å². The van der Waals surface area contributed by atoms with Crippen LogP contribution in [-0.4, -0.2) is 30.4 Å². The first-order chi connectivity index (χ1) is 10.5. The van der Waals surface area contributed by atoms with Gasteiger partial charge in [0.2, 0.25) is 0 Å². The second kappa shape index (κ2) is 6.60. The molecule has 0 N–H and O–H groups in total.